The molecule has 1 aliphatic heterocycles. The van der Waals surface area contributed by atoms with E-state index in [0.29, 0.717) is 25.7 Å². The monoisotopic (exact) mass is 576 g/mol. The zero-order valence-corrected chi connectivity index (χ0v) is 22.4. The normalized spacial score (nSPS) is 18.6. The fraction of sp³-hybridized carbons (Fsp3) is 0.481. The van der Waals surface area contributed by atoms with E-state index in [0.717, 1.165) is 43.9 Å². The van der Waals surface area contributed by atoms with Crippen LogP contribution in [0.2, 0.25) is 0 Å². The van der Waals surface area contributed by atoms with Crippen molar-refractivity contribution in [1.29, 1.82) is 0 Å². The molecule has 6 nitrogen and oxygen atoms in total. The number of likely N-dealkylation sites (tertiary alicyclic amines) is 1. The van der Waals surface area contributed by atoms with E-state index in [9.17, 15) is 4.79 Å². The molecule has 1 aliphatic carbocycles. The van der Waals surface area contributed by atoms with Crippen molar-refractivity contribution in [1.82, 2.24) is 15.5 Å². The second-order valence-corrected chi connectivity index (χ2v) is 9.12. The van der Waals surface area contributed by atoms with Crippen molar-refractivity contribution < 1.29 is 9.53 Å². The van der Waals surface area contributed by atoms with Crippen molar-refractivity contribution in [2.45, 2.75) is 57.9 Å². The molecule has 2 N–H and O–H groups in total. The molecule has 4 rings (SSSR count). The first-order chi connectivity index (χ1) is 16.2. The van der Waals surface area contributed by atoms with Gasteiger partial charge in [-0.1, -0.05) is 67.4 Å². The van der Waals surface area contributed by atoms with E-state index in [1.54, 1.807) is 7.05 Å². The minimum atomic E-state index is 0. The number of guanidine groups is 1. The maximum absolute atomic E-state index is 12.7. The SMILES string of the molecule is CN=C(NCc1cccc(COCc2ccccc2)c1)NC1CCN(C(=O)C2CCCC2)C1.I. The molecule has 1 heterocycles. The molecule has 1 unspecified atom stereocenters. The number of carbonyl (C=O) groups excluding carboxylic acids is 1. The van der Waals surface area contributed by atoms with Crippen molar-refractivity contribution in [3.8, 4) is 0 Å². The fourth-order valence-electron chi connectivity index (χ4n) is 4.77. The summed E-state index contributed by atoms with van der Waals surface area (Å²) in [5.74, 6) is 1.39. The van der Waals surface area contributed by atoms with Gasteiger partial charge in [0.05, 0.1) is 13.2 Å². The molecule has 1 saturated heterocycles. The summed E-state index contributed by atoms with van der Waals surface area (Å²) < 4.78 is 5.87. The smallest absolute Gasteiger partial charge is 0.225 e. The summed E-state index contributed by atoms with van der Waals surface area (Å²) in [6.07, 6.45) is 5.49. The molecule has 1 amide bonds. The van der Waals surface area contributed by atoms with E-state index in [1.807, 2.05) is 23.1 Å². The van der Waals surface area contributed by atoms with Gasteiger partial charge in [0.2, 0.25) is 5.91 Å². The van der Waals surface area contributed by atoms with Crippen molar-refractivity contribution in [2.24, 2.45) is 10.9 Å². The van der Waals surface area contributed by atoms with E-state index < -0.39 is 0 Å². The van der Waals surface area contributed by atoms with Crippen LogP contribution in [-0.4, -0.2) is 42.9 Å². The third-order valence-corrected chi connectivity index (χ3v) is 6.60. The molecular formula is C27H37IN4O2. The number of hydrogen-bond acceptors (Lipinski definition) is 3. The molecular weight excluding hydrogens is 539 g/mol. The lowest BCUT2D eigenvalue weighted by atomic mass is 10.1. The number of ether oxygens (including phenoxy) is 1. The number of aliphatic imine (C=N–C) groups is 1. The van der Waals surface area contributed by atoms with E-state index in [-0.39, 0.29) is 35.9 Å². The van der Waals surface area contributed by atoms with Crippen LogP contribution in [0.5, 0.6) is 0 Å². The number of nitrogens with one attached hydrogen (secondary N) is 2. The Hall–Kier alpha value is -2.13. The van der Waals surface area contributed by atoms with Gasteiger partial charge in [0.1, 0.15) is 0 Å². The van der Waals surface area contributed by atoms with Gasteiger partial charge in [-0.2, -0.15) is 0 Å². The molecule has 0 radical (unpaired) electrons. The zero-order chi connectivity index (χ0) is 22.9. The topological polar surface area (TPSA) is 66.0 Å². The first-order valence-corrected chi connectivity index (χ1v) is 12.2. The number of amides is 1. The number of halogens is 1. The Balaban J connectivity index is 0.00000324. The lowest BCUT2D eigenvalue weighted by Crippen LogP contribution is -2.45. The second-order valence-electron chi connectivity index (χ2n) is 9.12. The number of carbonyl (C=O) groups is 1. The van der Waals surface area contributed by atoms with Gasteiger partial charge in [0.25, 0.3) is 0 Å². The van der Waals surface area contributed by atoms with E-state index in [4.69, 9.17) is 4.74 Å². The summed E-state index contributed by atoms with van der Waals surface area (Å²) >= 11 is 0. The predicted molar refractivity (Wildman–Crippen MR) is 147 cm³/mol. The van der Waals surface area contributed by atoms with Crippen LogP contribution in [-0.2, 0) is 29.3 Å². The van der Waals surface area contributed by atoms with E-state index >= 15 is 0 Å². The second kappa shape index (κ2) is 13.7. The summed E-state index contributed by atoms with van der Waals surface area (Å²) in [6.45, 7) is 3.49. The molecule has 2 aromatic rings. The maximum Gasteiger partial charge on any atom is 0.225 e. The van der Waals surface area contributed by atoms with Gasteiger partial charge in [-0.15, -0.1) is 24.0 Å². The van der Waals surface area contributed by atoms with Crippen molar-refractivity contribution in [3.63, 3.8) is 0 Å². The van der Waals surface area contributed by atoms with Gasteiger partial charge in [-0.05, 0) is 36.0 Å². The summed E-state index contributed by atoms with van der Waals surface area (Å²) in [5.41, 5.74) is 3.52. The molecule has 184 valence electrons. The number of nitrogens with zero attached hydrogens (tertiary/aromatic N) is 2. The first kappa shape index (κ1) is 26.5. The minimum Gasteiger partial charge on any atom is -0.372 e. The maximum atomic E-state index is 12.7. The molecule has 7 heteroatoms. The van der Waals surface area contributed by atoms with Crippen LogP contribution >= 0.6 is 24.0 Å². The number of benzene rings is 2. The highest BCUT2D eigenvalue weighted by atomic mass is 127. The number of rotatable bonds is 8. The Bertz CT molecular complexity index is 931. The minimum absolute atomic E-state index is 0. The fourth-order valence-corrected chi connectivity index (χ4v) is 4.77. The average molecular weight is 577 g/mol. The summed E-state index contributed by atoms with van der Waals surface area (Å²) in [6, 6.07) is 18.9. The molecule has 34 heavy (non-hydrogen) atoms. The van der Waals surface area contributed by atoms with Crippen LogP contribution in [0.3, 0.4) is 0 Å². The molecule has 2 fully saturated rings. The van der Waals surface area contributed by atoms with Crippen LogP contribution in [0.25, 0.3) is 0 Å². The Morgan fingerprint density at radius 1 is 1.00 bits per heavy atom. The molecule has 1 atom stereocenters. The Kier molecular flexibility index (Phi) is 10.7. The van der Waals surface area contributed by atoms with Gasteiger partial charge in [-0.3, -0.25) is 9.79 Å². The van der Waals surface area contributed by atoms with Crippen molar-refractivity contribution in [2.75, 3.05) is 20.1 Å². The van der Waals surface area contributed by atoms with Crippen molar-refractivity contribution >= 4 is 35.8 Å². The third-order valence-electron chi connectivity index (χ3n) is 6.60. The molecule has 0 bridgehead atoms. The van der Waals surface area contributed by atoms with Crippen LogP contribution in [0, 0.1) is 5.92 Å². The van der Waals surface area contributed by atoms with Gasteiger partial charge >= 0.3 is 0 Å². The van der Waals surface area contributed by atoms with Gasteiger partial charge < -0.3 is 20.3 Å². The Labute approximate surface area is 220 Å². The average Bonchev–Trinajstić information content (AvgIpc) is 3.55. The number of hydrogen-bond donors (Lipinski definition) is 2. The Morgan fingerprint density at radius 3 is 2.47 bits per heavy atom. The summed E-state index contributed by atoms with van der Waals surface area (Å²) in [5, 5.41) is 6.91. The van der Waals surface area contributed by atoms with Gasteiger partial charge in [-0.25, -0.2) is 0 Å². The molecule has 2 aromatic carbocycles. The van der Waals surface area contributed by atoms with Crippen LogP contribution in [0.1, 0.15) is 48.8 Å². The summed E-state index contributed by atoms with van der Waals surface area (Å²) in [4.78, 5) is 19.1. The van der Waals surface area contributed by atoms with Gasteiger partial charge in [0, 0.05) is 38.6 Å². The summed E-state index contributed by atoms with van der Waals surface area (Å²) in [7, 11) is 1.79. The lowest BCUT2D eigenvalue weighted by Gasteiger charge is -2.21. The molecule has 1 saturated carbocycles. The zero-order valence-electron chi connectivity index (χ0n) is 20.0. The van der Waals surface area contributed by atoms with Gasteiger partial charge in [0.15, 0.2) is 5.96 Å². The van der Waals surface area contributed by atoms with E-state index in [2.05, 4.69) is 52.0 Å². The quantitative estimate of drug-likeness (QED) is 0.277. The highest BCUT2D eigenvalue weighted by Gasteiger charge is 2.32. The van der Waals surface area contributed by atoms with Crippen LogP contribution < -0.4 is 10.6 Å². The highest BCUT2D eigenvalue weighted by molar-refractivity contribution is 14.0. The molecule has 2 aliphatic rings. The molecule has 0 aromatic heterocycles. The predicted octanol–water partition coefficient (Wildman–Crippen LogP) is 4.48. The van der Waals surface area contributed by atoms with Crippen LogP contribution in [0.15, 0.2) is 59.6 Å². The molecule has 0 spiro atoms. The van der Waals surface area contributed by atoms with Crippen molar-refractivity contribution in [3.05, 3.63) is 71.3 Å². The largest absolute Gasteiger partial charge is 0.372 e. The lowest BCUT2D eigenvalue weighted by molar-refractivity contribution is -0.134. The Morgan fingerprint density at radius 2 is 1.71 bits per heavy atom. The standard InChI is InChI=1S/C27H36N4O2.HI/c1-28-27(30-25-14-15-31(18-25)26(32)24-12-5-6-13-24)29-17-22-10-7-11-23(16-22)20-33-19-21-8-3-2-4-9-21;/h2-4,7-11,16,24-25H,5-6,12-15,17-20H2,1H3,(H2,28,29,30);1H. The third kappa shape index (κ3) is 7.70. The first-order valence-electron chi connectivity index (χ1n) is 12.2. The van der Waals surface area contributed by atoms with Crippen LogP contribution in [0.4, 0.5) is 0 Å². The van der Waals surface area contributed by atoms with E-state index in [1.165, 1.54) is 24.0 Å². The highest BCUT2D eigenvalue weighted by Crippen LogP contribution is 2.27.